The molecular weight excluding hydrogens is 354 g/mol. The largest absolute Gasteiger partial charge is 0.394 e. The van der Waals surface area contributed by atoms with Gasteiger partial charge in [0, 0.05) is 8.95 Å². The first kappa shape index (κ1) is 12.7. The Kier molecular flexibility index (Phi) is 3.93. The highest BCUT2D eigenvalue weighted by Crippen LogP contribution is 2.29. The van der Waals surface area contributed by atoms with E-state index in [1.165, 1.54) is 0 Å². The molecule has 1 heterocycles. The van der Waals surface area contributed by atoms with Crippen molar-refractivity contribution >= 4 is 31.9 Å². The molecule has 90 valence electrons. The monoisotopic (exact) mass is 361 g/mol. The Morgan fingerprint density at radius 3 is 2.82 bits per heavy atom. The van der Waals surface area contributed by atoms with Crippen LogP contribution < -0.4 is 5.73 Å². The Morgan fingerprint density at radius 2 is 2.18 bits per heavy atom. The number of benzene rings is 1. The molecule has 1 unspecified atom stereocenters. The minimum atomic E-state index is -0.623. The van der Waals surface area contributed by atoms with E-state index in [0.717, 1.165) is 14.5 Å². The molecule has 1 aromatic heterocycles. The van der Waals surface area contributed by atoms with Crippen LogP contribution in [0, 0.1) is 0 Å². The molecule has 0 aliphatic heterocycles. The smallest absolute Gasteiger partial charge is 0.259 e. The van der Waals surface area contributed by atoms with Gasteiger partial charge in [-0.3, -0.25) is 0 Å². The molecule has 17 heavy (non-hydrogen) atoms. The Morgan fingerprint density at radius 1 is 1.41 bits per heavy atom. The lowest BCUT2D eigenvalue weighted by Gasteiger charge is -2.00. The van der Waals surface area contributed by atoms with Crippen LogP contribution in [0.15, 0.2) is 31.7 Å². The number of aliphatic hydroxyl groups is 1. The molecule has 5 nitrogen and oxygen atoms in total. The number of halogens is 2. The summed E-state index contributed by atoms with van der Waals surface area (Å²) in [5.41, 5.74) is 6.37. The number of aromatic nitrogens is 2. The van der Waals surface area contributed by atoms with E-state index in [0.29, 0.717) is 5.89 Å². The molecule has 0 radical (unpaired) electrons. The first-order chi connectivity index (χ1) is 8.11. The van der Waals surface area contributed by atoms with E-state index in [9.17, 15) is 0 Å². The number of hydrogen-bond donors (Lipinski definition) is 2. The predicted octanol–water partition coefficient (Wildman–Crippen LogP) is 2.25. The van der Waals surface area contributed by atoms with Gasteiger partial charge in [0.2, 0.25) is 0 Å². The summed E-state index contributed by atoms with van der Waals surface area (Å²) in [6.45, 7) is -0.222. The molecule has 0 amide bonds. The van der Waals surface area contributed by atoms with E-state index in [4.69, 9.17) is 15.4 Å². The third-order valence-corrected chi connectivity index (χ3v) is 3.28. The van der Waals surface area contributed by atoms with E-state index >= 15 is 0 Å². The van der Waals surface area contributed by atoms with Crippen LogP contribution in [0.5, 0.6) is 0 Å². The van der Waals surface area contributed by atoms with Crippen molar-refractivity contribution in [2.24, 2.45) is 5.73 Å². The summed E-state index contributed by atoms with van der Waals surface area (Å²) in [5, 5.41) is 12.6. The Bertz CT molecular complexity index is 530. The second-order valence-corrected chi connectivity index (χ2v) is 5.14. The molecule has 1 atom stereocenters. The van der Waals surface area contributed by atoms with Crippen molar-refractivity contribution in [3.05, 3.63) is 33.0 Å². The lowest BCUT2D eigenvalue weighted by molar-refractivity contribution is 0.260. The molecular formula is C10H9Br2N3O2. The summed E-state index contributed by atoms with van der Waals surface area (Å²) in [4.78, 5) is 4.13. The highest BCUT2D eigenvalue weighted by molar-refractivity contribution is 9.11. The molecule has 7 heteroatoms. The minimum absolute atomic E-state index is 0.222. The van der Waals surface area contributed by atoms with Crippen molar-refractivity contribution in [2.75, 3.05) is 6.61 Å². The summed E-state index contributed by atoms with van der Waals surface area (Å²) in [6, 6.07) is 4.97. The Hall–Kier alpha value is -0.760. The van der Waals surface area contributed by atoms with Crippen LogP contribution in [0.25, 0.3) is 11.5 Å². The number of nitrogens with zero attached hydrogens (tertiary/aromatic N) is 2. The van der Waals surface area contributed by atoms with Crippen molar-refractivity contribution in [1.29, 1.82) is 0 Å². The van der Waals surface area contributed by atoms with Crippen molar-refractivity contribution in [3.63, 3.8) is 0 Å². The van der Waals surface area contributed by atoms with Crippen LogP contribution in [0.3, 0.4) is 0 Å². The average molecular weight is 363 g/mol. The molecule has 2 rings (SSSR count). The first-order valence-electron chi connectivity index (χ1n) is 4.77. The molecule has 0 aliphatic carbocycles. The maximum absolute atomic E-state index is 8.90. The lowest BCUT2D eigenvalue weighted by atomic mass is 10.2. The van der Waals surface area contributed by atoms with E-state index < -0.39 is 6.04 Å². The van der Waals surface area contributed by atoms with Gasteiger partial charge in [-0.2, -0.15) is 4.98 Å². The van der Waals surface area contributed by atoms with Gasteiger partial charge in [-0.25, -0.2) is 0 Å². The van der Waals surface area contributed by atoms with Crippen molar-refractivity contribution < 1.29 is 9.63 Å². The average Bonchev–Trinajstić information content (AvgIpc) is 2.77. The van der Waals surface area contributed by atoms with Crippen LogP contribution in [0.4, 0.5) is 0 Å². The van der Waals surface area contributed by atoms with Crippen LogP contribution in [-0.2, 0) is 0 Å². The van der Waals surface area contributed by atoms with Crippen LogP contribution in [-0.4, -0.2) is 21.9 Å². The normalized spacial score (nSPS) is 12.7. The van der Waals surface area contributed by atoms with Gasteiger partial charge in [0.15, 0.2) is 5.82 Å². The minimum Gasteiger partial charge on any atom is -0.394 e. The topological polar surface area (TPSA) is 85.2 Å². The van der Waals surface area contributed by atoms with Gasteiger partial charge in [-0.15, -0.1) is 0 Å². The molecule has 0 saturated heterocycles. The lowest BCUT2D eigenvalue weighted by Crippen LogP contribution is -2.15. The summed E-state index contributed by atoms with van der Waals surface area (Å²) in [6.07, 6.45) is 0. The maximum Gasteiger partial charge on any atom is 0.259 e. The third-order valence-electron chi connectivity index (χ3n) is 2.13. The van der Waals surface area contributed by atoms with Crippen molar-refractivity contribution in [2.45, 2.75) is 6.04 Å². The first-order valence-corrected chi connectivity index (χ1v) is 6.36. The van der Waals surface area contributed by atoms with E-state index in [2.05, 4.69) is 42.0 Å². The second kappa shape index (κ2) is 5.26. The Labute approximate surface area is 114 Å². The predicted molar refractivity (Wildman–Crippen MR) is 69.1 cm³/mol. The molecule has 3 N–H and O–H groups in total. The molecule has 0 bridgehead atoms. The van der Waals surface area contributed by atoms with Gasteiger partial charge in [-0.1, -0.05) is 21.1 Å². The Balaban J connectivity index is 2.37. The standard InChI is InChI=1S/C10H9Br2N3O2/c11-5-1-2-6(7(12)3-5)10-14-9(15-17-10)8(13)4-16/h1-3,8,16H,4,13H2. The van der Waals surface area contributed by atoms with Gasteiger partial charge >= 0.3 is 0 Å². The van der Waals surface area contributed by atoms with Crippen molar-refractivity contribution in [1.82, 2.24) is 10.1 Å². The third kappa shape index (κ3) is 2.74. The molecule has 0 spiro atoms. The fourth-order valence-corrected chi connectivity index (χ4v) is 2.46. The fourth-order valence-electron chi connectivity index (χ4n) is 1.24. The highest BCUT2D eigenvalue weighted by atomic mass is 79.9. The van der Waals surface area contributed by atoms with Crippen LogP contribution >= 0.6 is 31.9 Å². The van der Waals surface area contributed by atoms with Gasteiger partial charge in [-0.05, 0) is 34.1 Å². The highest BCUT2D eigenvalue weighted by Gasteiger charge is 2.16. The zero-order chi connectivity index (χ0) is 12.4. The van der Waals surface area contributed by atoms with E-state index in [1.54, 1.807) is 0 Å². The summed E-state index contributed by atoms with van der Waals surface area (Å²) in [5.74, 6) is 0.653. The van der Waals surface area contributed by atoms with Crippen molar-refractivity contribution in [3.8, 4) is 11.5 Å². The molecule has 0 fully saturated rings. The SMILES string of the molecule is NC(CO)c1noc(-c2ccc(Br)cc2Br)n1. The van der Waals surface area contributed by atoms with Gasteiger partial charge < -0.3 is 15.4 Å². The zero-order valence-corrected chi connectivity index (χ0v) is 11.8. The zero-order valence-electron chi connectivity index (χ0n) is 8.60. The van der Waals surface area contributed by atoms with Gasteiger partial charge in [0.05, 0.1) is 18.2 Å². The van der Waals surface area contributed by atoms with Gasteiger partial charge in [0.25, 0.3) is 5.89 Å². The van der Waals surface area contributed by atoms with Crippen LogP contribution in [0.2, 0.25) is 0 Å². The maximum atomic E-state index is 8.90. The molecule has 1 aromatic carbocycles. The number of hydrogen-bond acceptors (Lipinski definition) is 5. The fraction of sp³-hybridized carbons (Fsp3) is 0.200. The number of rotatable bonds is 3. The van der Waals surface area contributed by atoms with E-state index in [1.807, 2.05) is 18.2 Å². The molecule has 0 aliphatic rings. The summed E-state index contributed by atoms with van der Waals surface area (Å²) < 4.78 is 6.87. The summed E-state index contributed by atoms with van der Waals surface area (Å²) >= 11 is 6.77. The number of aliphatic hydroxyl groups excluding tert-OH is 1. The van der Waals surface area contributed by atoms with Gasteiger partial charge in [0.1, 0.15) is 0 Å². The quantitative estimate of drug-likeness (QED) is 0.874. The van der Waals surface area contributed by atoms with Crippen LogP contribution in [0.1, 0.15) is 11.9 Å². The molecule has 0 saturated carbocycles. The summed E-state index contributed by atoms with van der Waals surface area (Å²) in [7, 11) is 0. The molecule has 2 aromatic rings. The number of nitrogens with two attached hydrogens (primary N) is 1. The van der Waals surface area contributed by atoms with E-state index in [-0.39, 0.29) is 12.4 Å². The second-order valence-electron chi connectivity index (χ2n) is 3.37.